The van der Waals surface area contributed by atoms with Gasteiger partial charge in [-0.3, -0.25) is 9.78 Å². The summed E-state index contributed by atoms with van der Waals surface area (Å²) in [6.45, 7) is 6.44. The summed E-state index contributed by atoms with van der Waals surface area (Å²) >= 11 is 0. The zero-order chi connectivity index (χ0) is 22.6. The second-order valence-electron chi connectivity index (χ2n) is 8.50. The average molecular weight is 444 g/mol. The van der Waals surface area contributed by atoms with Crippen molar-refractivity contribution in [3.63, 3.8) is 0 Å². The van der Waals surface area contributed by atoms with E-state index < -0.39 is 6.36 Å². The van der Waals surface area contributed by atoms with Crippen LogP contribution in [0.25, 0.3) is 0 Å². The Bertz CT molecular complexity index is 759. The van der Waals surface area contributed by atoms with Gasteiger partial charge in [0.05, 0.1) is 6.20 Å². The van der Waals surface area contributed by atoms with Crippen LogP contribution in [0.2, 0.25) is 0 Å². The topological polar surface area (TPSA) is 54.9 Å². The van der Waals surface area contributed by atoms with Gasteiger partial charge < -0.3 is 19.3 Å². The Morgan fingerprint density at radius 3 is 2.87 bits per heavy atom. The van der Waals surface area contributed by atoms with E-state index in [1.54, 1.807) is 4.90 Å². The molecule has 1 aromatic rings. The number of ether oxygens (including phenoxy) is 2. The number of halogens is 3. The minimum absolute atomic E-state index is 0.0457. The molecule has 1 saturated carbocycles. The summed E-state index contributed by atoms with van der Waals surface area (Å²) in [6, 6.07) is 2.09. The van der Waals surface area contributed by atoms with Crippen molar-refractivity contribution in [1.82, 2.24) is 14.8 Å². The van der Waals surface area contributed by atoms with Gasteiger partial charge in [-0.05, 0) is 58.2 Å². The smallest absolute Gasteiger partial charge is 0.404 e. The molecular weight excluding hydrogens is 411 g/mol. The molecule has 0 saturated heterocycles. The van der Waals surface area contributed by atoms with E-state index in [1.165, 1.54) is 6.07 Å². The SMILES string of the molecule is CCOCCC(C)N(C)C1CCC(C(=O)N2CCc3ncc(OC(F)(F)F)cc3C2)C1. The molecule has 0 spiro atoms. The van der Waals surface area contributed by atoms with E-state index in [4.69, 9.17) is 4.74 Å². The number of hydrogen-bond donors (Lipinski definition) is 0. The van der Waals surface area contributed by atoms with Gasteiger partial charge in [0, 0.05) is 56.4 Å². The molecule has 0 aromatic carbocycles. The fourth-order valence-corrected chi connectivity index (χ4v) is 4.55. The molecule has 3 rings (SSSR count). The first kappa shape index (κ1) is 23.8. The molecule has 1 aliphatic carbocycles. The minimum atomic E-state index is -4.76. The number of pyridine rings is 1. The van der Waals surface area contributed by atoms with Gasteiger partial charge >= 0.3 is 6.36 Å². The quantitative estimate of drug-likeness (QED) is 0.573. The monoisotopic (exact) mass is 443 g/mol. The van der Waals surface area contributed by atoms with Gasteiger partial charge in [0.1, 0.15) is 5.75 Å². The maximum Gasteiger partial charge on any atom is 0.573 e. The van der Waals surface area contributed by atoms with Crippen LogP contribution in [0.4, 0.5) is 13.2 Å². The Labute approximate surface area is 181 Å². The number of rotatable bonds is 8. The maximum atomic E-state index is 13.1. The van der Waals surface area contributed by atoms with E-state index in [0.29, 0.717) is 30.6 Å². The fraction of sp³-hybridized carbons (Fsp3) is 0.727. The Balaban J connectivity index is 1.56. The molecule has 0 bridgehead atoms. The normalized spacial score (nSPS) is 22.5. The van der Waals surface area contributed by atoms with Crippen molar-refractivity contribution in [3.8, 4) is 5.75 Å². The summed E-state index contributed by atoms with van der Waals surface area (Å²) in [6.07, 6.45) is 0.452. The third kappa shape index (κ3) is 6.32. The highest BCUT2D eigenvalue weighted by Gasteiger charge is 2.37. The molecule has 2 aliphatic rings. The van der Waals surface area contributed by atoms with E-state index in [0.717, 1.165) is 50.8 Å². The highest BCUT2D eigenvalue weighted by Crippen LogP contribution is 2.33. The van der Waals surface area contributed by atoms with Gasteiger partial charge in [-0.15, -0.1) is 13.2 Å². The van der Waals surface area contributed by atoms with E-state index in [1.807, 2.05) is 6.92 Å². The number of carbonyl (C=O) groups is 1. The van der Waals surface area contributed by atoms with Crippen LogP contribution in [0.5, 0.6) is 5.75 Å². The Kier molecular flexibility index (Phi) is 7.80. The summed E-state index contributed by atoms with van der Waals surface area (Å²) in [7, 11) is 2.11. The van der Waals surface area contributed by atoms with Crippen LogP contribution >= 0.6 is 0 Å². The molecule has 2 heterocycles. The highest BCUT2D eigenvalue weighted by molar-refractivity contribution is 5.79. The predicted molar refractivity (Wildman–Crippen MR) is 110 cm³/mol. The lowest BCUT2D eigenvalue weighted by Gasteiger charge is -2.32. The van der Waals surface area contributed by atoms with Crippen molar-refractivity contribution in [2.45, 2.75) is 70.9 Å². The molecule has 6 nitrogen and oxygen atoms in total. The van der Waals surface area contributed by atoms with Crippen molar-refractivity contribution in [2.75, 3.05) is 26.8 Å². The maximum absolute atomic E-state index is 13.1. The van der Waals surface area contributed by atoms with Crippen molar-refractivity contribution >= 4 is 5.91 Å². The molecule has 1 aliphatic heterocycles. The van der Waals surface area contributed by atoms with Crippen LogP contribution in [-0.4, -0.2) is 65.9 Å². The van der Waals surface area contributed by atoms with Crippen molar-refractivity contribution in [2.24, 2.45) is 5.92 Å². The largest absolute Gasteiger partial charge is 0.573 e. The first-order chi connectivity index (χ1) is 14.7. The first-order valence-corrected chi connectivity index (χ1v) is 11.0. The lowest BCUT2D eigenvalue weighted by atomic mass is 10.0. The number of aromatic nitrogens is 1. The highest BCUT2D eigenvalue weighted by atomic mass is 19.4. The minimum Gasteiger partial charge on any atom is -0.404 e. The zero-order valence-electron chi connectivity index (χ0n) is 18.5. The van der Waals surface area contributed by atoms with E-state index in [-0.39, 0.29) is 24.1 Å². The van der Waals surface area contributed by atoms with Crippen LogP contribution < -0.4 is 4.74 Å². The summed E-state index contributed by atoms with van der Waals surface area (Å²) < 4.78 is 46.9. The Hall–Kier alpha value is -1.87. The van der Waals surface area contributed by atoms with Crippen LogP contribution in [0.15, 0.2) is 12.3 Å². The lowest BCUT2D eigenvalue weighted by molar-refractivity contribution is -0.274. The van der Waals surface area contributed by atoms with Crippen molar-refractivity contribution in [3.05, 3.63) is 23.5 Å². The molecular formula is C22H32F3N3O3. The van der Waals surface area contributed by atoms with Gasteiger partial charge in [-0.25, -0.2) is 0 Å². The molecule has 3 unspecified atom stereocenters. The standard InChI is InChI=1S/C22H32F3N3O3/c1-4-30-10-8-15(2)27(3)18-6-5-16(11-18)21(29)28-9-7-20-17(14-28)12-19(13-26-20)31-22(23,24)25/h12-13,15-16,18H,4-11,14H2,1-3H3. The van der Waals surface area contributed by atoms with Crippen molar-refractivity contribution in [1.29, 1.82) is 0 Å². The van der Waals surface area contributed by atoms with E-state index in [2.05, 4.69) is 28.6 Å². The van der Waals surface area contributed by atoms with Crippen LogP contribution in [-0.2, 0) is 22.5 Å². The van der Waals surface area contributed by atoms with Crippen LogP contribution in [0.3, 0.4) is 0 Å². The van der Waals surface area contributed by atoms with Gasteiger partial charge in [-0.2, -0.15) is 0 Å². The molecule has 0 N–H and O–H groups in total. The second-order valence-corrected chi connectivity index (χ2v) is 8.50. The summed E-state index contributed by atoms with van der Waals surface area (Å²) in [5, 5.41) is 0. The lowest BCUT2D eigenvalue weighted by Crippen LogP contribution is -2.41. The number of carbonyl (C=O) groups excluding carboxylic acids is 1. The predicted octanol–water partition coefficient (Wildman–Crippen LogP) is 3.78. The number of hydrogen-bond acceptors (Lipinski definition) is 5. The molecule has 1 aromatic heterocycles. The van der Waals surface area contributed by atoms with E-state index >= 15 is 0 Å². The summed E-state index contributed by atoms with van der Waals surface area (Å²) in [5.41, 5.74) is 1.35. The summed E-state index contributed by atoms with van der Waals surface area (Å²) in [4.78, 5) is 21.3. The van der Waals surface area contributed by atoms with Crippen LogP contribution in [0.1, 0.15) is 50.8 Å². The molecule has 9 heteroatoms. The molecule has 174 valence electrons. The third-order valence-corrected chi connectivity index (χ3v) is 6.47. The molecule has 3 atom stereocenters. The molecule has 1 amide bonds. The Morgan fingerprint density at radius 2 is 2.16 bits per heavy atom. The van der Waals surface area contributed by atoms with Gasteiger partial charge in [-0.1, -0.05) is 0 Å². The third-order valence-electron chi connectivity index (χ3n) is 6.47. The van der Waals surface area contributed by atoms with Gasteiger partial charge in [0.2, 0.25) is 5.91 Å². The van der Waals surface area contributed by atoms with E-state index in [9.17, 15) is 18.0 Å². The fourth-order valence-electron chi connectivity index (χ4n) is 4.55. The number of nitrogens with zero attached hydrogens (tertiary/aromatic N) is 3. The second kappa shape index (κ2) is 10.2. The molecule has 1 fully saturated rings. The number of alkyl halides is 3. The number of amides is 1. The van der Waals surface area contributed by atoms with Gasteiger partial charge in [0.15, 0.2) is 0 Å². The number of fused-ring (bicyclic) bond motifs is 1. The Morgan fingerprint density at radius 1 is 1.39 bits per heavy atom. The zero-order valence-corrected chi connectivity index (χ0v) is 18.5. The average Bonchev–Trinajstić information content (AvgIpc) is 3.21. The molecule has 31 heavy (non-hydrogen) atoms. The first-order valence-electron chi connectivity index (χ1n) is 11.0. The van der Waals surface area contributed by atoms with Crippen LogP contribution in [0, 0.1) is 5.92 Å². The summed E-state index contributed by atoms with van der Waals surface area (Å²) in [5.74, 6) is -0.300. The van der Waals surface area contributed by atoms with Gasteiger partial charge in [0.25, 0.3) is 0 Å². The molecule has 0 radical (unpaired) electrons. The van der Waals surface area contributed by atoms with Crippen molar-refractivity contribution < 1.29 is 27.4 Å².